The first kappa shape index (κ1) is 11.8. The number of aryl methyl sites for hydroxylation is 1. The molecule has 2 aromatic heterocycles. The lowest BCUT2D eigenvalue weighted by atomic mass is 10.3. The number of hydrogen-bond acceptors (Lipinski definition) is 3. The number of nitrogens with one attached hydrogen (secondary N) is 2. The van der Waals surface area contributed by atoms with Crippen LogP contribution in [-0.2, 0) is 6.54 Å². The molecule has 17 heavy (non-hydrogen) atoms. The van der Waals surface area contributed by atoms with Gasteiger partial charge in [0.05, 0.1) is 6.67 Å². The van der Waals surface area contributed by atoms with Crippen molar-refractivity contribution in [2.24, 2.45) is 0 Å². The Hall–Kier alpha value is -1.63. The van der Waals surface area contributed by atoms with Crippen molar-refractivity contribution in [3.05, 3.63) is 26.1 Å². The first-order valence-electron chi connectivity index (χ1n) is 5.08. The maximum absolute atomic E-state index is 12.0. The van der Waals surface area contributed by atoms with Crippen LogP contribution in [0.25, 0.3) is 11.2 Å². The van der Waals surface area contributed by atoms with Crippen LogP contribution in [0, 0.1) is 0 Å². The Balaban J connectivity index is 2.53. The van der Waals surface area contributed by atoms with E-state index in [4.69, 9.17) is 11.6 Å². The van der Waals surface area contributed by atoms with Gasteiger partial charge >= 0.3 is 5.69 Å². The van der Waals surface area contributed by atoms with E-state index < -0.39 is 17.9 Å². The van der Waals surface area contributed by atoms with Crippen LogP contribution in [0.15, 0.2) is 9.59 Å². The van der Waals surface area contributed by atoms with Crippen molar-refractivity contribution >= 4 is 22.8 Å². The number of fused-ring (bicyclic) bond motifs is 1. The van der Waals surface area contributed by atoms with Crippen LogP contribution in [-0.4, -0.2) is 26.2 Å². The summed E-state index contributed by atoms with van der Waals surface area (Å²) in [6, 6.07) is 0. The van der Waals surface area contributed by atoms with Crippen molar-refractivity contribution in [3.8, 4) is 0 Å². The van der Waals surface area contributed by atoms with Crippen molar-refractivity contribution in [1.82, 2.24) is 19.5 Å². The number of nitrogens with zero attached hydrogens (tertiary/aromatic N) is 2. The highest BCUT2D eigenvalue weighted by molar-refractivity contribution is 6.28. The Bertz CT molecular complexity index is 644. The minimum absolute atomic E-state index is 0.0374. The average Bonchev–Trinajstić information content (AvgIpc) is 2.65. The molecule has 0 bridgehead atoms. The lowest BCUT2D eigenvalue weighted by molar-refractivity contribution is 0.446. The highest BCUT2D eigenvalue weighted by atomic mass is 35.5. The van der Waals surface area contributed by atoms with E-state index in [2.05, 4.69) is 15.0 Å². The number of imidazole rings is 1. The molecule has 0 saturated heterocycles. The zero-order valence-electron chi connectivity index (χ0n) is 8.80. The summed E-state index contributed by atoms with van der Waals surface area (Å²) >= 11 is 5.65. The van der Waals surface area contributed by atoms with Gasteiger partial charge in [0, 0.05) is 6.54 Å². The monoisotopic (exact) mass is 260 g/mol. The molecule has 6 nitrogen and oxygen atoms in total. The van der Waals surface area contributed by atoms with E-state index in [1.54, 1.807) is 0 Å². The quantitative estimate of drug-likeness (QED) is 0.630. The molecule has 0 radical (unpaired) electrons. The molecular formula is C9H10ClFN4O2. The van der Waals surface area contributed by atoms with Crippen LogP contribution < -0.4 is 11.2 Å². The summed E-state index contributed by atoms with van der Waals surface area (Å²) in [4.78, 5) is 31.6. The van der Waals surface area contributed by atoms with Gasteiger partial charge in [-0.15, -0.1) is 0 Å². The second-order valence-corrected chi connectivity index (χ2v) is 3.89. The first-order chi connectivity index (χ1) is 8.13. The molecule has 0 aliphatic rings. The number of rotatable bonds is 4. The van der Waals surface area contributed by atoms with Gasteiger partial charge in [-0.1, -0.05) is 0 Å². The number of unbranched alkanes of at least 4 members (excludes halogenated alkanes) is 1. The summed E-state index contributed by atoms with van der Waals surface area (Å²) in [5.74, 6) is 0. The van der Waals surface area contributed by atoms with Crippen LogP contribution in [0.4, 0.5) is 4.39 Å². The van der Waals surface area contributed by atoms with E-state index in [1.165, 1.54) is 4.57 Å². The van der Waals surface area contributed by atoms with Gasteiger partial charge in [-0.2, -0.15) is 4.98 Å². The molecule has 0 amide bonds. The highest BCUT2D eigenvalue weighted by Crippen LogP contribution is 2.09. The molecule has 0 atom stereocenters. The van der Waals surface area contributed by atoms with E-state index in [-0.39, 0.29) is 23.0 Å². The lowest BCUT2D eigenvalue weighted by Gasteiger charge is -2.04. The van der Waals surface area contributed by atoms with Crippen LogP contribution in [0.1, 0.15) is 12.8 Å². The maximum Gasteiger partial charge on any atom is 0.330 e. The lowest BCUT2D eigenvalue weighted by Crippen LogP contribution is -2.30. The van der Waals surface area contributed by atoms with Crippen molar-refractivity contribution in [1.29, 1.82) is 0 Å². The van der Waals surface area contributed by atoms with Crippen molar-refractivity contribution in [2.75, 3.05) is 6.67 Å². The smallest absolute Gasteiger partial charge is 0.323 e. The fourth-order valence-corrected chi connectivity index (χ4v) is 1.76. The number of alkyl halides is 1. The van der Waals surface area contributed by atoms with Crippen LogP contribution in [0.2, 0.25) is 5.28 Å². The summed E-state index contributed by atoms with van der Waals surface area (Å²) in [5, 5.41) is 0.0374. The summed E-state index contributed by atoms with van der Waals surface area (Å²) in [5.41, 5.74) is -0.784. The first-order valence-corrected chi connectivity index (χ1v) is 5.45. The largest absolute Gasteiger partial charge is 0.330 e. The average molecular weight is 261 g/mol. The second kappa shape index (κ2) is 4.70. The highest BCUT2D eigenvalue weighted by Gasteiger charge is 2.11. The molecule has 8 heteroatoms. The van der Waals surface area contributed by atoms with Gasteiger partial charge in [-0.3, -0.25) is 18.7 Å². The maximum atomic E-state index is 12.0. The molecule has 0 unspecified atom stereocenters. The van der Waals surface area contributed by atoms with Gasteiger partial charge in [0.15, 0.2) is 11.2 Å². The molecule has 0 fully saturated rings. The zero-order valence-corrected chi connectivity index (χ0v) is 9.55. The third-order valence-electron chi connectivity index (χ3n) is 2.37. The molecule has 2 aromatic rings. The molecule has 92 valence electrons. The van der Waals surface area contributed by atoms with Crippen LogP contribution in [0.5, 0.6) is 0 Å². The molecule has 2 rings (SSSR count). The molecular weight excluding hydrogens is 251 g/mol. The zero-order chi connectivity index (χ0) is 12.4. The number of H-pyrrole nitrogens is 2. The van der Waals surface area contributed by atoms with E-state index in [9.17, 15) is 14.0 Å². The van der Waals surface area contributed by atoms with Gasteiger partial charge in [0.25, 0.3) is 5.56 Å². The number of aromatic amines is 2. The van der Waals surface area contributed by atoms with Crippen LogP contribution >= 0.6 is 11.6 Å². The Morgan fingerprint density at radius 1 is 1.29 bits per heavy atom. The van der Waals surface area contributed by atoms with Gasteiger partial charge in [-0.25, -0.2) is 4.79 Å². The standard InChI is InChI=1S/C9H10ClFN4O2/c10-8-12-5-6(13-8)15(4-2-1-3-11)9(17)14-7(5)16/h1-4H2,(H,12,13)(H,14,16,17). The number of halogens is 2. The van der Waals surface area contributed by atoms with Crippen LogP contribution in [0.3, 0.4) is 0 Å². The second-order valence-electron chi connectivity index (χ2n) is 3.53. The number of hydrogen-bond donors (Lipinski definition) is 2. The van der Waals surface area contributed by atoms with E-state index in [1.807, 2.05) is 0 Å². The summed E-state index contributed by atoms with van der Waals surface area (Å²) in [6.45, 7) is -0.153. The third-order valence-corrected chi connectivity index (χ3v) is 2.55. The molecule has 0 aromatic carbocycles. The Labute approximate surface area is 99.4 Å². The Kier molecular flexibility index (Phi) is 3.28. The van der Waals surface area contributed by atoms with Crippen molar-refractivity contribution in [3.63, 3.8) is 0 Å². The minimum Gasteiger partial charge on any atom is -0.323 e. The SMILES string of the molecule is O=c1[nH]c(=O)n(CCCCF)c2nc(Cl)[nH]c12. The van der Waals surface area contributed by atoms with E-state index >= 15 is 0 Å². The topological polar surface area (TPSA) is 83.5 Å². The van der Waals surface area contributed by atoms with Gasteiger partial charge in [-0.05, 0) is 24.4 Å². The predicted molar refractivity (Wildman–Crippen MR) is 61.2 cm³/mol. The summed E-state index contributed by atoms with van der Waals surface area (Å²) < 4.78 is 13.3. The Morgan fingerprint density at radius 2 is 2.06 bits per heavy atom. The van der Waals surface area contributed by atoms with Gasteiger partial charge < -0.3 is 4.98 Å². The Morgan fingerprint density at radius 3 is 2.76 bits per heavy atom. The fourth-order valence-electron chi connectivity index (χ4n) is 1.58. The van der Waals surface area contributed by atoms with Crippen molar-refractivity contribution < 1.29 is 4.39 Å². The van der Waals surface area contributed by atoms with Gasteiger partial charge in [0.1, 0.15) is 0 Å². The summed E-state index contributed by atoms with van der Waals surface area (Å²) in [7, 11) is 0. The molecule has 0 aliphatic heterocycles. The molecule has 0 saturated carbocycles. The number of aromatic nitrogens is 4. The normalized spacial score (nSPS) is 11.2. The van der Waals surface area contributed by atoms with E-state index in [0.29, 0.717) is 12.8 Å². The fraction of sp³-hybridized carbons (Fsp3) is 0.444. The third kappa shape index (κ3) is 2.23. The van der Waals surface area contributed by atoms with E-state index in [0.717, 1.165) is 0 Å². The molecule has 2 heterocycles. The molecule has 2 N–H and O–H groups in total. The van der Waals surface area contributed by atoms with Crippen molar-refractivity contribution in [2.45, 2.75) is 19.4 Å². The minimum atomic E-state index is -0.565. The molecule has 0 aliphatic carbocycles. The molecule has 0 spiro atoms. The predicted octanol–water partition coefficient (Wildman–Crippen LogP) is 0.816. The summed E-state index contributed by atoms with van der Waals surface area (Å²) in [6.07, 6.45) is 0.841. The van der Waals surface area contributed by atoms with Gasteiger partial charge in [0.2, 0.25) is 5.28 Å².